The number of anilines is 1. The average molecular weight is 475 g/mol. The number of halogens is 3. The number of rotatable bonds is 3. The van der Waals surface area contributed by atoms with Crippen LogP contribution in [0.25, 0.3) is 0 Å². The van der Waals surface area contributed by atoms with Gasteiger partial charge in [-0.05, 0) is 13.0 Å². The van der Waals surface area contributed by atoms with Crippen LogP contribution in [-0.2, 0) is 31.1 Å². The Balaban J connectivity index is 0.000000383. The van der Waals surface area contributed by atoms with Crippen LogP contribution in [0.1, 0.15) is 17.7 Å². The van der Waals surface area contributed by atoms with Gasteiger partial charge in [0.15, 0.2) is 0 Å². The van der Waals surface area contributed by atoms with Gasteiger partial charge in [-0.2, -0.15) is 13.2 Å². The monoisotopic (exact) mass is 475 g/mol. The summed E-state index contributed by atoms with van der Waals surface area (Å²) < 4.78 is 43.1. The van der Waals surface area contributed by atoms with Gasteiger partial charge in [-0.1, -0.05) is 0 Å². The molecule has 4 rings (SSSR count). The van der Waals surface area contributed by atoms with E-state index >= 15 is 0 Å². The van der Waals surface area contributed by atoms with Crippen molar-refractivity contribution in [3.8, 4) is 0 Å². The van der Waals surface area contributed by atoms with Crippen LogP contribution in [0.15, 0.2) is 6.20 Å². The van der Waals surface area contributed by atoms with Crippen molar-refractivity contribution in [3.63, 3.8) is 0 Å². The summed E-state index contributed by atoms with van der Waals surface area (Å²) in [6.07, 6.45) is -2.21. The molecule has 1 atom stereocenters. The van der Waals surface area contributed by atoms with Gasteiger partial charge in [0.2, 0.25) is 11.9 Å². The molecule has 2 saturated heterocycles. The Kier molecular flexibility index (Phi) is 7.75. The molecule has 0 aromatic carbocycles. The number of carboxylic acid groups (broad SMARTS) is 1. The van der Waals surface area contributed by atoms with Crippen molar-refractivity contribution in [2.24, 2.45) is 0 Å². The third kappa shape index (κ3) is 6.09. The van der Waals surface area contributed by atoms with E-state index in [2.05, 4.69) is 14.8 Å². The SMILES string of the molecule is CN(C)C(=O)CN1CCC2(COCc3cnc(N4CCOCC4)nc32)C1.O=C(O)C(F)(F)F. The average Bonchev–Trinajstić information content (AvgIpc) is 3.17. The largest absolute Gasteiger partial charge is 0.490 e. The maximum absolute atomic E-state index is 12.1. The predicted molar refractivity (Wildman–Crippen MR) is 110 cm³/mol. The standard InChI is InChI=1S/C18H27N5O3.C2HF3O2/c1-21(2)15(24)10-22-4-3-18(12-22)13-26-11-14-9-19-17(20-16(14)18)23-5-7-25-8-6-23;3-2(4,5)1(6)7/h9H,3-8,10-13H2,1-2H3;(H,6,7). The summed E-state index contributed by atoms with van der Waals surface area (Å²) in [5.74, 6) is -1.83. The molecule has 4 heterocycles. The fraction of sp³-hybridized carbons (Fsp3) is 0.700. The highest BCUT2D eigenvalue weighted by molar-refractivity contribution is 5.77. The number of amides is 1. The summed E-state index contributed by atoms with van der Waals surface area (Å²) in [7, 11) is 3.60. The highest BCUT2D eigenvalue weighted by atomic mass is 19.4. The van der Waals surface area contributed by atoms with Gasteiger partial charge in [0.25, 0.3) is 0 Å². The summed E-state index contributed by atoms with van der Waals surface area (Å²) in [5, 5.41) is 7.12. The molecule has 1 unspecified atom stereocenters. The number of carbonyl (C=O) groups excluding carboxylic acids is 1. The molecule has 1 aromatic heterocycles. The van der Waals surface area contributed by atoms with E-state index in [1.54, 1.807) is 19.0 Å². The van der Waals surface area contributed by atoms with Gasteiger partial charge >= 0.3 is 12.1 Å². The number of hydrogen-bond acceptors (Lipinski definition) is 8. The van der Waals surface area contributed by atoms with Crippen molar-refractivity contribution in [1.82, 2.24) is 19.8 Å². The maximum atomic E-state index is 12.1. The topological polar surface area (TPSA) is 108 Å². The summed E-state index contributed by atoms with van der Waals surface area (Å²) in [6, 6.07) is 0. The molecule has 0 aliphatic carbocycles. The third-order valence-electron chi connectivity index (χ3n) is 5.82. The summed E-state index contributed by atoms with van der Waals surface area (Å²) in [4.78, 5) is 36.6. The number of carboxylic acids is 1. The van der Waals surface area contributed by atoms with Crippen molar-refractivity contribution in [2.45, 2.75) is 24.6 Å². The molecule has 1 aromatic rings. The number of morpholine rings is 1. The molecule has 3 aliphatic rings. The van der Waals surface area contributed by atoms with Gasteiger partial charge in [0.1, 0.15) is 0 Å². The van der Waals surface area contributed by atoms with Gasteiger partial charge in [-0.25, -0.2) is 14.8 Å². The van der Waals surface area contributed by atoms with Crippen molar-refractivity contribution in [2.75, 3.05) is 71.5 Å². The van der Waals surface area contributed by atoms with Crippen LogP contribution in [0.5, 0.6) is 0 Å². The number of fused-ring (bicyclic) bond motifs is 2. The second-order valence-corrected chi connectivity index (χ2v) is 8.47. The first-order valence-electron chi connectivity index (χ1n) is 10.5. The third-order valence-corrected chi connectivity index (χ3v) is 5.82. The first-order chi connectivity index (χ1) is 15.5. The fourth-order valence-electron chi connectivity index (χ4n) is 4.04. The van der Waals surface area contributed by atoms with Crippen molar-refractivity contribution in [1.29, 1.82) is 0 Å². The van der Waals surface area contributed by atoms with Gasteiger partial charge in [-0.3, -0.25) is 9.69 Å². The van der Waals surface area contributed by atoms with E-state index in [0.29, 0.717) is 19.8 Å². The van der Waals surface area contributed by atoms with Gasteiger partial charge in [0, 0.05) is 45.5 Å². The maximum Gasteiger partial charge on any atom is 0.490 e. The minimum atomic E-state index is -5.08. The normalized spacial score (nSPS) is 23.0. The molecule has 33 heavy (non-hydrogen) atoms. The molecule has 13 heteroatoms. The van der Waals surface area contributed by atoms with E-state index in [9.17, 15) is 18.0 Å². The Morgan fingerprint density at radius 3 is 2.48 bits per heavy atom. The van der Waals surface area contributed by atoms with Crippen LogP contribution in [-0.4, -0.2) is 110 Å². The first kappa shape index (κ1) is 25.1. The molecule has 0 bridgehead atoms. The van der Waals surface area contributed by atoms with Crippen LogP contribution >= 0.6 is 0 Å². The first-order valence-corrected chi connectivity index (χ1v) is 10.5. The number of aromatic nitrogens is 2. The molecular weight excluding hydrogens is 447 g/mol. The molecule has 3 aliphatic heterocycles. The molecule has 0 radical (unpaired) electrons. The zero-order chi connectivity index (χ0) is 24.2. The Labute approximate surface area is 189 Å². The van der Waals surface area contributed by atoms with Crippen molar-refractivity contribution >= 4 is 17.8 Å². The number of likely N-dealkylation sites (tertiary alicyclic amines) is 1. The van der Waals surface area contributed by atoms with Crippen molar-refractivity contribution in [3.05, 3.63) is 17.5 Å². The second kappa shape index (κ2) is 10.2. The van der Waals surface area contributed by atoms with Crippen LogP contribution in [0.3, 0.4) is 0 Å². The molecule has 2 fully saturated rings. The van der Waals surface area contributed by atoms with E-state index in [4.69, 9.17) is 24.4 Å². The molecule has 1 amide bonds. The lowest BCUT2D eigenvalue weighted by molar-refractivity contribution is -0.192. The van der Waals surface area contributed by atoms with E-state index in [1.807, 2.05) is 6.20 Å². The van der Waals surface area contributed by atoms with Crippen LogP contribution in [0.2, 0.25) is 0 Å². The number of likely N-dealkylation sites (N-methyl/N-ethyl adjacent to an activating group) is 1. The van der Waals surface area contributed by atoms with Crippen LogP contribution < -0.4 is 4.90 Å². The number of carbonyl (C=O) groups is 2. The Bertz CT molecular complexity index is 863. The lowest BCUT2D eigenvalue weighted by Crippen LogP contribution is -2.43. The van der Waals surface area contributed by atoms with Crippen LogP contribution in [0, 0.1) is 0 Å². The second-order valence-electron chi connectivity index (χ2n) is 8.47. The number of hydrogen-bond donors (Lipinski definition) is 1. The molecule has 184 valence electrons. The Morgan fingerprint density at radius 2 is 1.88 bits per heavy atom. The number of alkyl halides is 3. The fourth-order valence-corrected chi connectivity index (χ4v) is 4.04. The Hall–Kier alpha value is -2.51. The predicted octanol–water partition coefficient (Wildman–Crippen LogP) is 0.508. The molecule has 1 spiro atoms. The van der Waals surface area contributed by atoms with Gasteiger partial charge < -0.3 is 24.4 Å². The highest BCUT2D eigenvalue weighted by Crippen LogP contribution is 2.39. The van der Waals surface area contributed by atoms with E-state index < -0.39 is 12.1 Å². The molecular formula is C20H28F3N5O5. The molecule has 1 N–H and O–H groups in total. The smallest absolute Gasteiger partial charge is 0.475 e. The number of ether oxygens (including phenoxy) is 2. The quantitative estimate of drug-likeness (QED) is 0.669. The van der Waals surface area contributed by atoms with Crippen molar-refractivity contribution < 1.29 is 37.3 Å². The summed E-state index contributed by atoms with van der Waals surface area (Å²) >= 11 is 0. The Morgan fingerprint density at radius 1 is 1.21 bits per heavy atom. The minimum Gasteiger partial charge on any atom is -0.475 e. The molecule has 10 nitrogen and oxygen atoms in total. The number of nitrogens with zero attached hydrogens (tertiary/aromatic N) is 5. The zero-order valence-corrected chi connectivity index (χ0v) is 18.6. The van der Waals surface area contributed by atoms with E-state index in [1.165, 1.54) is 0 Å². The minimum absolute atomic E-state index is 0.135. The zero-order valence-electron chi connectivity index (χ0n) is 18.6. The lowest BCUT2D eigenvalue weighted by atomic mass is 9.80. The number of aliphatic carboxylic acids is 1. The summed E-state index contributed by atoms with van der Waals surface area (Å²) in [5.41, 5.74) is 2.05. The highest BCUT2D eigenvalue weighted by Gasteiger charge is 2.45. The summed E-state index contributed by atoms with van der Waals surface area (Å²) in [6.45, 7) is 6.45. The van der Waals surface area contributed by atoms with E-state index in [0.717, 1.165) is 63.0 Å². The van der Waals surface area contributed by atoms with Gasteiger partial charge in [0.05, 0.1) is 44.1 Å². The lowest BCUT2D eigenvalue weighted by Gasteiger charge is -2.35. The van der Waals surface area contributed by atoms with Crippen LogP contribution in [0.4, 0.5) is 19.1 Å². The molecule has 0 saturated carbocycles. The van der Waals surface area contributed by atoms with E-state index in [-0.39, 0.29) is 11.3 Å². The van der Waals surface area contributed by atoms with Gasteiger partial charge in [-0.15, -0.1) is 0 Å².